The van der Waals surface area contributed by atoms with Gasteiger partial charge in [0.1, 0.15) is 0 Å². The maximum Gasteiger partial charge on any atom is 0.417 e. The minimum absolute atomic E-state index is 0.171. The third-order valence-electron chi connectivity index (χ3n) is 6.41. The summed E-state index contributed by atoms with van der Waals surface area (Å²) < 4.78 is 42.7. The van der Waals surface area contributed by atoms with Crippen LogP contribution in [-0.4, -0.2) is 52.5 Å². The number of nitrogens with zero attached hydrogens (tertiary/aromatic N) is 3. The average molecular weight is 531 g/mol. The quantitative estimate of drug-likeness (QED) is 0.380. The number of aromatic nitrogens is 3. The van der Waals surface area contributed by atoms with Crippen LogP contribution in [0, 0.1) is 0 Å². The predicted octanol–water partition coefficient (Wildman–Crippen LogP) is 4.93. The van der Waals surface area contributed by atoms with Gasteiger partial charge in [-0.15, -0.1) is 0 Å². The molecule has 0 saturated carbocycles. The minimum atomic E-state index is -4.64. The number of alkyl halides is 3. The zero-order valence-corrected chi connectivity index (χ0v) is 22.3. The Labute approximate surface area is 222 Å². The summed E-state index contributed by atoms with van der Waals surface area (Å²) in [6, 6.07) is 1.92. The molecule has 1 aliphatic rings. The van der Waals surface area contributed by atoms with E-state index in [2.05, 4.69) is 45.8 Å². The van der Waals surface area contributed by atoms with Gasteiger partial charge in [-0.3, -0.25) is 14.5 Å². The summed E-state index contributed by atoms with van der Waals surface area (Å²) in [5.41, 5.74) is 0.643. The molecule has 0 bridgehead atoms. The maximum atomic E-state index is 13.6. The molecule has 0 atom stereocenters. The Morgan fingerprint density at radius 1 is 1.24 bits per heavy atom. The van der Waals surface area contributed by atoms with Crippen LogP contribution >= 0.6 is 0 Å². The number of hydrogen-bond donors (Lipinski definition) is 3. The van der Waals surface area contributed by atoms with E-state index in [1.165, 1.54) is 12.3 Å². The number of carbonyl (C=O) groups is 1. The third kappa shape index (κ3) is 7.34. The first-order valence-electron chi connectivity index (χ1n) is 12.7. The Morgan fingerprint density at radius 2 is 1.92 bits per heavy atom. The Balaban J connectivity index is 1.76. The van der Waals surface area contributed by atoms with E-state index in [1.807, 2.05) is 20.8 Å². The summed E-state index contributed by atoms with van der Waals surface area (Å²) in [6.45, 7) is 19.1. The van der Waals surface area contributed by atoms with Crippen LogP contribution in [0.15, 0.2) is 38.2 Å². The lowest BCUT2D eigenvalue weighted by Gasteiger charge is -2.27. The second-order valence-corrected chi connectivity index (χ2v) is 10.5. The van der Waals surface area contributed by atoms with Crippen molar-refractivity contribution in [3.8, 4) is 0 Å². The minimum Gasteiger partial charge on any atom is -0.382 e. The van der Waals surface area contributed by atoms with Crippen molar-refractivity contribution in [2.75, 3.05) is 19.6 Å². The normalized spacial score (nSPS) is 14.7. The highest BCUT2D eigenvalue weighted by atomic mass is 19.4. The highest BCUT2D eigenvalue weighted by Gasteiger charge is 2.35. The highest BCUT2D eigenvalue weighted by Crippen LogP contribution is 2.36. The van der Waals surface area contributed by atoms with Crippen LogP contribution in [0.3, 0.4) is 0 Å². The highest BCUT2D eigenvalue weighted by molar-refractivity contribution is 5.93. The van der Waals surface area contributed by atoms with E-state index >= 15 is 0 Å². The second kappa shape index (κ2) is 12.0. The molecule has 1 fully saturated rings. The number of piperidine rings is 1. The van der Waals surface area contributed by atoms with Crippen LogP contribution in [0.1, 0.15) is 72.9 Å². The molecule has 38 heavy (non-hydrogen) atoms. The van der Waals surface area contributed by atoms with Gasteiger partial charge in [0.2, 0.25) is 0 Å². The van der Waals surface area contributed by atoms with Gasteiger partial charge >= 0.3 is 6.18 Å². The summed E-state index contributed by atoms with van der Waals surface area (Å²) in [7, 11) is 0. The topological polar surface area (TPSA) is 83.9 Å². The van der Waals surface area contributed by atoms with Crippen LogP contribution in [0.4, 0.5) is 13.2 Å². The molecule has 3 N–H and O–H groups in total. The molecule has 0 aliphatic carbocycles. The molecule has 206 valence electrons. The van der Waals surface area contributed by atoms with E-state index < -0.39 is 11.7 Å². The van der Waals surface area contributed by atoms with Crippen LogP contribution in [0.2, 0.25) is 0 Å². The summed E-state index contributed by atoms with van der Waals surface area (Å²) in [5.74, 6) is -0.262. The van der Waals surface area contributed by atoms with Crippen molar-refractivity contribution >= 4 is 23.3 Å². The third-order valence-corrected chi connectivity index (χ3v) is 6.41. The van der Waals surface area contributed by atoms with Crippen LogP contribution in [0.5, 0.6) is 0 Å². The van der Waals surface area contributed by atoms with Crippen molar-refractivity contribution in [3.63, 3.8) is 0 Å². The van der Waals surface area contributed by atoms with Crippen LogP contribution < -0.4 is 16.0 Å². The Morgan fingerprint density at radius 3 is 2.50 bits per heavy atom. The van der Waals surface area contributed by atoms with Crippen molar-refractivity contribution in [1.82, 2.24) is 30.7 Å². The first kappa shape index (κ1) is 29.2. The standard InChI is InChI=1S/C28H37F3N6O/c1-7-23-24(19(3)35-21-10-13-32-14-11-21)15-22(36-25(23)18(2)28(29,30)31)9-8-12-33-26(38)20-16-34-37(17-20)27(4,5)6/h7,15-17,21,32,35H,1-3,8-14H2,4-6H3,(H,33,38). The summed E-state index contributed by atoms with van der Waals surface area (Å²) in [5, 5.41) is 13.7. The van der Waals surface area contributed by atoms with E-state index in [9.17, 15) is 18.0 Å². The van der Waals surface area contributed by atoms with Gasteiger partial charge in [-0.2, -0.15) is 18.3 Å². The second-order valence-electron chi connectivity index (χ2n) is 10.5. The number of allylic oxidation sites excluding steroid dienone is 1. The van der Waals surface area contributed by atoms with E-state index in [0.717, 1.165) is 25.9 Å². The van der Waals surface area contributed by atoms with Gasteiger partial charge in [0.15, 0.2) is 0 Å². The van der Waals surface area contributed by atoms with E-state index in [0.29, 0.717) is 41.9 Å². The molecule has 0 aromatic carbocycles. The van der Waals surface area contributed by atoms with E-state index in [4.69, 9.17) is 0 Å². The lowest BCUT2D eigenvalue weighted by molar-refractivity contribution is -0.0689. The van der Waals surface area contributed by atoms with Gasteiger partial charge in [-0.1, -0.05) is 25.8 Å². The first-order chi connectivity index (χ1) is 17.8. The van der Waals surface area contributed by atoms with E-state index in [-0.39, 0.29) is 28.7 Å². The Kier molecular flexibility index (Phi) is 9.19. The monoisotopic (exact) mass is 530 g/mol. The maximum absolute atomic E-state index is 13.6. The van der Waals surface area contributed by atoms with Gasteiger partial charge in [0.25, 0.3) is 5.91 Å². The van der Waals surface area contributed by atoms with Gasteiger partial charge in [0, 0.05) is 41.3 Å². The van der Waals surface area contributed by atoms with Crippen LogP contribution in [0.25, 0.3) is 17.3 Å². The molecular weight excluding hydrogens is 493 g/mol. The molecule has 10 heteroatoms. The zero-order chi connectivity index (χ0) is 28.1. The number of carbonyl (C=O) groups excluding carboxylic acids is 1. The van der Waals surface area contributed by atoms with Crippen molar-refractivity contribution < 1.29 is 18.0 Å². The first-order valence-corrected chi connectivity index (χ1v) is 12.7. The molecule has 3 heterocycles. The van der Waals surface area contributed by atoms with E-state index in [1.54, 1.807) is 16.9 Å². The number of pyridine rings is 1. The predicted molar refractivity (Wildman–Crippen MR) is 145 cm³/mol. The molecule has 1 saturated heterocycles. The number of aryl methyl sites for hydroxylation is 1. The molecule has 2 aromatic heterocycles. The van der Waals surface area contributed by atoms with Gasteiger partial charge in [-0.25, -0.2) is 0 Å². The zero-order valence-electron chi connectivity index (χ0n) is 22.3. The largest absolute Gasteiger partial charge is 0.417 e. The van der Waals surface area contributed by atoms with Crippen molar-refractivity contribution in [2.45, 2.75) is 64.2 Å². The van der Waals surface area contributed by atoms with Gasteiger partial charge in [0.05, 0.1) is 28.6 Å². The molecule has 0 radical (unpaired) electrons. The van der Waals surface area contributed by atoms with Crippen LogP contribution in [-0.2, 0) is 12.0 Å². The fourth-order valence-corrected chi connectivity index (χ4v) is 4.23. The summed E-state index contributed by atoms with van der Waals surface area (Å²) in [4.78, 5) is 16.8. The molecule has 0 unspecified atom stereocenters. The molecule has 1 amide bonds. The van der Waals surface area contributed by atoms with Crippen molar-refractivity contribution in [3.05, 3.63) is 66.3 Å². The number of hydrogen-bond acceptors (Lipinski definition) is 5. The molecule has 2 aromatic rings. The fourth-order valence-electron chi connectivity index (χ4n) is 4.23. The molecule has 0 spiro atoms. The summed E-state index contributed by atoms with van der Waals surface area (Å²) >= 11 is 0. The molecular formula is C28H37F3N6O. The van der Waals surface area contributed by atoms with Gasteiger partial charge in [-0.05, 0) is 65.6 Å². The van der Waals surface area contributed by atoms with Gasteiger partial charge < -0.3 is 16.0 Å². The molecule has 3 rings (SSSR count). The Bertz CT molecular complexity index is 1190. The lowest BCUT2D eigenvalue weighted by atomic mass is 9.96. The van der Waals surface area contributed by atoms with Crippen molar-refractivity contribution in [2.24, 2.45) is 0 Å². The fraction of sp³-hybridized carbons (Fsp3) is 0.464. The SMILES string of the molecule is C=Cc1c(C(=C)NC2CCNCC2)cc(CCCNC(=O)c2cnn(C(C)(C)C)c2)nc1C(=C)C(F)(F)F. The summed E-state index contributed by atoms with van der Waals surface area (Å²) in [6.07, 6.45) is 2.52. The molecule has 7 nitrogen and oxygen atoms in total. The number of nitrogens with one attached hydrogen (secondary N) is 3. The number of amides is 1. The average Bonchev–Trinajstić information content (AvgIpc) is 3.37. The number of rotatable bonds is 10. The smallest absolute Gasteiger partial charge is 0.382 e. The Hall–Kier alpha value is -3.40. The molecule has 1 aliphatic heterocycles. The number of halogens is 3. The lowest BCUT2D eigenvalue weighted by Crippen LogP contribution is -2.39. The van der Waals surface area contributed by atoms with Crippen molar-refractivity contribution in [1.29, 1.82) is 0 Å².